The van der Waals surface area contributed by atoms with Crippen LogP contribution in [0.2, 0.25) is 0 Å². The highest BCUT2D eigenvalue weighted by molar-refractivity contribution is 5.78. The van der Waals surface area contributed by atoms with Gasteiger partial charge in [-0.3, -0.25) is 14.5 Å². The lowest BCUT2D eigenvalue weighted by Gasteiger charge is -2.35. The number of hydrogen-bond acceptors (Lipinski definition) is 6. The monoisotopic (exact) mass is 359 g/mol. The van der Waals surface area contributed by atoms with Gasteiger partial charge >= 0.3 is 0 Å². The molecule has 1 aliphatic heterocycles. The van der Waals surface area contributed by atoms with Crippen molar-refractivity contribution < 1.29 is 9.53 Å². The Morgan fingerprint density at radius 2 is 2.00 bits per heavy atom. The first-order valence-corrected chi connectivity index (χ1v) is 9.00. The summed E-state index contributed by atoms with van der Waals surface area (Å²) in [5.74, 6) is -0.236. The average molecular weight is 359 g/mol. The molecule has 8 nitrogen and oxygen atoms in total. The number of nitrogens with one attached hydrogen (secondary N) is 1. The van der Waals surface area contributed by atoms with Crippen LogP contribution >= 0.6 is 0 Å². The van der Waals surface area contributed by atoms with E-state index in [-0.39, 0.29) is 30.2 Å². The predicted molar refractivity (Wildman–Crippen MR) is 97.9 cm³/mol. The second kappa shape index (κ2) is 8.37. The molecule has 0 unspecified atom stereocenters. The maximum Gasteiger partial charge on any atom is 0.278 e. The van der Waals surface area contributed by atoms with Gasteiger partial charge in [0.2, 0.25) is 5.91 Å². The minimum atomic E-state index is -0.304. The summed E-state index contributed by atoms with van der Waals surface area (Å²) in [6, 6.07) is 6.97. The van der Waals surface area contributed by atoms with E-state index in [9.17, 15) is 9.59 Å². The van der Waals surface area contributed by atoms with Crippen molar-refractivity contribution in [3.8, 4) is 0 Å². The van der Waals surface area contributed by atoms with Gasteiger partial charge in [0.1, 0.15) is 12.1 Å². The number of benzene rings is 1. The van der Waals surface area contributed by atoms with Crippen molar-refractivity contribution in [1.82, 2.24) is 25.2 Å². The van der Waals surface area contributed by atoms with Gasteiger partial charge in [-0.25, -0.2) is 4.68 Å². The molecule has 8 heteroatoms. The molecule has 1 amide bonds. The number of hydrogen-bond donors (Lipinski definition) is 1. The van der Waals surface area contributed by atoms with Gasteiger partial charge in [-0.05, 0) is 32.4 Å². The van der Waals surface area contributed by atoms with E-state index in [2.05, 4.69) is 34.4 Å². The van der Waals surface area contributed by atoms with Gasteiger partial charge in [0.15, 0.2) is 0 Å². The van der Waals surface area contributed by atoms with E-state index >= 15 is 0 Å². The number of morpholine rings is 1. The van der Waals surface area contributed by atoms with E-state index in [0.717, 1.165) is 30.7 Å². The summed E-state index contributed by atoms with van der Waals surface area (Å²) < 4.78 is 6.81. The predicted octanol–water partition coefficient (Wildman–Crippen LogP) is 0.407. The molecule has 1 N–H and O–H groups in total. The quantitative estimate of drug-likeness (QED) is 0.752. The fourth-order valence-corrected chi connectivity index (χ4v) is 3.32. The largest absolute Gasteiger partial charge is 0.373 e. The summed E-state index contributed by atoms with van der Waals surface area (Å²) in [7, 11) is 0. The normalized spacial score (nSPS) is 21.0. The van der Waals surface area contributed by atoms with Gasteiger partial charge in [-0.1, -0.05) is 17.3 Å². The van der Waals surface area contributed by atoms with Gasteiger partial charge in [0, 0.05) is 26.2 Å². The third-order valence-corrected chi connectivity index (χ3v) is 4.39. The Morgan fingerprint density at radius 1 is 1.27 bits per heavy atom. The van der Waals surface area contributed by atoms with Crippen molar-refractivity contribution in [2.24, 2.45) is 0 Å². The summed E-state index contributed by atoms with van der Waals surface area (Å²) >= 11 is 0. The van der Waals surface area contributed by atoms with Crippen LogP contribution in [-0.2, 0) is 16.1 Å². The molecule has 0 saturated carbocycles. The highest BCUT2D eigenvalue weighted by atomic mass is 16.5. The second-order valence-electron chi connectivity index (χ2n) is 6.79. The Labute approximate surface area is 152 Å². The smallest absolute Gasteiger partial charge is 0.278 e. The molecular formula is C18H25N5O3. The Hall–Kier alpha value is -2.32. The summed E-state index contributed by atoms with van der Waals surface area (Å²) in [5, 5.41) is 11.1. The molecule has 2 aromatic rings. The molecule has 0 radical (unpaired) electrons. The van der Waals surface area contributed by atoms with Crippen LogP contribution in [0, 0.1) is 0 Å². The number of carbonyl (C=O) groups excluding carboxylic acids is 1. The zero-order valence-electron chi connectivity index (χ0n) is 15.2. The summed E-state index contributed by atoms with van der Waals surface area (Å²) in [4.78, 5) is 26.8. The Bertz CT molecular complexity index is 812. The molecule has 1 aliphatic rings. The fourth-order valence-electron chi connectivity index (χ4n) is 3.32. The van der Waals surface area contributed by atoms with Crippen LogP contribution in [0.4, 0.5) is 0 Å². The van der Waals surface area contributed by atoms with Crippen LogP contribution in [0.5, 0.6) is 0 Å². The molecule has 1 aromatic carbocycles. The van der Waals surface area contributed by atoms with E-state index in [1.54, 1.807) is 24.3 Å². The Morgan fingerprint density at radius 3 is 2.77 bits per heavy atom. The van der Waals surface area contributed by atoms with Crippen LogP contribution in [0.1, 0.15) is 20.3 Å². The minimum Gasteiger partial charge on any atom is -0.373 e. The number of nitrogens with zero attached hydrogens (tertiary/aromatic N) is 4. The van der Waals surface area contributed by atoms with E-state index in [4.69, 9.17) is 4.74 Å². The minimum absolute atomic E-state index is 0.123. The van der Waals surface area contributed by atoms with E-state index in [0.29, 0.717) is 17.4 Å². The molecule has 1 fully saturated rings. The van der Waals surface area contributed by atoms with Crippen LogP contribution in [0.15, 0.2) is 29.1 Å². The van der Waals surface area contributed by atoms with Crippen LogP contribution in [0.3, 0.4) is 0 Å². The standard InChI is InChI=1S/C18H25N5O3/c1-13-10-22(11-14(2)26-13)9-5-8-19-17(24)12-23-18(25)15-6-3-4-7-16(15)20-21-23/h3-4,6-7,13-14H,5,8-12H2,1-2H3,(H,19,24)/t13-,14+. The molecule has 0 spiro atoms. The lowest BCUT2D eigenvalue weighted by atomic mass is 10.2. The lowest BCUT2D eigenvalue weighted by Crippen LogP contribution is -2.46. The highest BCUT2D eigenvalue weighted by Crippen LogP contribution is 2.10. The van der Waals surface area contributed by atoms with E-state index < -0.39 is 0 Å². The molecule has 0 bridgehead atoms. The molecule has 1 saturated heterocycles. The zero-order chi connectivity index (χ0) is 18.5. The van der Waals surface area contributed by atoms with Crippen molar-refractivity contribution >= 4 is 16.8 Å². The molecule has 2 heterocycles. The molecule has 26 heavy (non-hydrogen) atoms. The van der Waals surface area contributed by atoms with Crippen LogP contribution < -0.4 is 10.9 Å². The maximum atomic E-state index is 12.3. The van der Waals surface area contributed by atoms with Crippen molar-refractivity contribution in [3.05, 3.63) is 34.6 Å². The molecule has 3 rings (SSSR count). The first-order chi connectivity index (χ1) is 12.5. The first kappa shape index (κ1) is 18.5. The number of rotatable bonds is 6. The Kier molecular flexibility index (Phi) is 5.95. The van der Waals surface area contributed by atoms with Crippen molar-refractivity contribution in [3.63, 3.8) is 0 Å². The summed E-state index contributed by atoms with van der Waals surface area (Å²) in [6.45, 7) is 7.34. The fraction of sp³-hybridized carbons (Fsp3) is 0.556. The number of fused-ring (bicyclic) bond motifs is 1. The van der Waals surface area contributed by atoms with Crippen molar-refractivity contribution in [2.45, 2.75) is 39.0 Å². The van der Waals surface area contributed by atoms with Gasteiger partial charge < -0.3 is 10.1 Å². The van der Waals surface area contributed by atoms with Gasteiger partial charge in [0.25, 0.3) is 5.56 Å². The van der Waals surface area contributed by atoms with Crippen molar-refractivity contribution in [1.29, 1.82) is 0 Å². The van der Waals surface area contributed by atoms with E-state index in [1.165, 1.54) is 0 Å². The molecule has 2 atom stereocenters. The van der Waals surface area contributed by atoms with Gasteiger partial charge in [-0.15, -0.1) is 5.10 Å². The topological polar surface area (TPSA) is 89.4 Å². The molecule has 0 aliphatic carbocycles. The maximum absolute atomic E-state index is 12.3. The number of amides is 1. The number of aromatic nitrogens is 3. The van der Waals surface area contributed by atoms with Crippen LogP contribution in [-0.4, -0.2) is 64.2 Å². The first-order valence-electron chi connectivity index (χ1n) is 9.00. The molecular weight excluding hydrogens is 334 g/mol. The molecule has 1 aromatic heterocycles. The van der Waals surface area contributed by atoms with Crippen molar-refractivity contribution in [2.75, 3.05) is 26.2 Å². The molecule has 140 valence electrons. The second-order valence-corrected chi connectivity index (χ2v) is 6.79. The third kappa shape index (κ3) is 4.64. The summed E-state index contributed by atoms with van der Waals surface area (Å²) in [5.41, 5.74) is 0.227. The number of carbonyl (C=O) groups is 1. The van der Waals surface area contributed by atoms with Gasteiger partial charge in [-0.2, -0.15) is 0 Å². The van der Waals surface area contributed by atoms with Crippen LogP contribution in [0.25, 0.3) is 10.9 Å². The van der Waals surface area contributed by atoms with Gasteiger partial charge in [0.05, 0.1) is 17.6 Å². The summed E-state index contributed by atoms with van der Waals surface area (Å²) in [6.07, 6.45) is 1.34. The average Bonchev–Trinajstić information content (AvgIpc) is 2.61. The number of ether oxygens (including phenoxy) is 1. The lowest BCUT2D eigenvalue weighted by molar-refractivity contribution is -0.122. The SMILES string of the molecule is C[C@@H]1CN(CCCNC(=O)Cn2nnc3ccccc3c2=O)C[C@H](C)O1. The zero-order valence-corrected chi connectivity index (χ0v) is 15.2. The highest BCUT2D eigenvalue weighted by Gasteiger charge is 2.21. The van der Waals surface area contributed by atoms with E-state index in [1.807, 2.05) is 0 Å². The Balaban J connectivity index is 1.46. The third-order valence-electron chi connectivity index (χ3n) is 4.39.